The Morgan fingerprint density at radius 2 is 1.97 bits per heavy atom. The lowest BCUT2D eigenvalue weighted by molar-refractivity contribution is -0.127. The van der Waals surface area contributed by atoms with Gasteiger partial charge in [-0.05, 0) is 26.0 Å². The van der Waals surface area contributed by atoms with Crippen LogP contribution in [-0.2, 0) is 41.1 Å². The molecule has 12 nitrogen and oxygen atoms in total. The zero-order valence-electron chi connectivity index (χ0n) is 22.8. The second kappa shape index (κ2) is 15.7. The van der Waals surface area contributed by atoms with Crippen LogP contribution in [0, 0.1) is 0 Å². The largest absolute Gasteiger partial charge is 0.450 e. The fourth-order valence-electron chi connectivity index (χ4n) is 4.34. The fourth-order valence-corrected chi connectivity index (χ4v) is 4.89. The highest BCUT2D eigenvalue weighted by molar-refractivity contribution is 7.84. The summed E-state index contributed by atoms with van der Waals surface area (Å²) in [6.07, 6.45) is 0.484. The van der Waals surface area contributed by atoms with E-state index in [9.17, 15) is 18.6 Å². The maximum absolute atomic E-state index is 13.5. The van der Waals surface area contributed by atoms with Crippen molar-refractivity contribution in [3.63, 3.8) is 0 Å². The Morgan fingerprint density at radius 1 is 1.26 bits per heavy atom. The molecule has 216 valence electrons. The van der Waals surface area contributed by atoms with Crippen molar-refractivity contribution in [2.24, 2.45) is 4.99 Å². The van der Waals surface area contributed by atoms with Crippen LogP contribution in [0.3, 0.4) is 0 Å². The third-order valence-corrected chi connectivity index (χ3v) is 7.11. The van der Waals surface area contributed by atoms with Crippen LogP contribution in [0.25, 0.3) is 0 Å². The SMILES string of the molecule is CCOC(=O)NC(=NC(CCS(C)=O)C(=O)NC1C(=O)COC1CN(C)Cc1ccccc1)N1CCOCC1. The van der Waals surface area contributed by atoms with Crippen LogP contribution >= 0.6 is 0 Å². The van der Waals surface area contributed by atoms with Crippen LogP contribution < -0.4 is 10.6 Å². The first kappa shape index (κ1) is 30.7. The number of aliphatic imine (C=N–C) groups is 1. The Balaban J connectivity index is 1.75. The summed E-state index contributed by atoms with van der Waals surface area (Å²) in [6.45, 7) is 4.66. The first-order valence-electron chi connectivity index (χ1n) is 13.1. The zero-order chi connectivity index (χ0) is 28.2. The van der Waals surface area contributed by atoms with Crippen molar-refractivity contribution in [1.82, 2.24) is 20.4 Å². The van der Waals surface area contributed by atoms with Crippen molar-refractivity contribution in [2.75, 3.05) is 65.1 Å². The second-order valence-electron chi connectivity index (χ2n) is 9.46. The fraction of sp³-hybridized carbons (Fsp3) is 0.615. The standard InChI is InChI=1S/C26H39N5O7S/c1-4-37-26(34)29-25(31-11-13-36-14-12-31)27-20(10-15-39(3)35)24(33)28-23-21(32)18-38-22(23)17-30(2)16-19-8-6-5-7-9-19/h5-9,20,22-23H,4,10-18H2,1-3H3,(H,28,33)(H,27,29,34). The molecular weight excluding hydrogens is 526 g/mol. The lowest BCUT2D eigenvalue weighted by Gasteiger charge is -2.30. The molecule has 0 saturated carbocycles. The summed E-state index contributed by atoms with van der Waals surface area (Å²) in [4.78, 5) is 46.8. The van der Waals surface area contributed by atoms with Gasteiger partial charge in [-0.15, -0.1) is 0 Å². The summed E-state index contributed by atoms with van der Waals surface area (Å²) >= 11 is 0. The minimum Gasteiger partial charge on any atom is -0.450 e. The average molecular weight is 566 g/mol. The molecule has 0 aromatic heterocycles. The second-order valence-corrected chi connectivity index (χ2v) is 11.0. The molecule has 2 aliphatic heterocycles. The predicted octanol–water partition coefficient (Wildman–Crippen LogP) is 0.143. The number of Topliss-reactive ketones (excluding diaryl/α,β-unsaturated/α-hetero) is 1. The molecule has 1 aromatic carbocycles. The van der Waals surface area contributed by atoms with Crippen molar-refractivity contribution in [1.29, 1.82) is 0 Å². The first-order valence-corrected chi connectivity index (χ1v) is 14.8. The van der Waals surface area contributed by atoms with Gasteiger partial charge in [0.2, 0.25) is 11.9 Å². The van der Waals surface area contributed by atoms with E-state index in [4.69, 9.17) is 14.2 Å². The molecule has 4 atom stereocenters. The van der Waals surface area contributed by atoms with Gasteiger partial charge in [0.25, 0.3) is 0 Å². The molecule has 0 spiro atoms. The number of amides is 2. The number of alkyl carbamates (subject to hydrolysis) is 1. The van der Waals surface area contributed by atoms with Gasteiger partial charge in [0.1, 0.15) is 18.7 Å². The lowest BCUT2D eigenvalue weighted by atomic mass is 10.1. The molecule has 3 rings (SSSR count). The van der Waals surface area contributed by atoms with Gasteiger partial charge in [0.05, 0.1) is 25.9 Å². The Kier molecular flexibility index (Phi) is 12.3. The van der Waals surface area contributed by atoms with Gasteiger partial charge < -0.3 is 24.4 Å². The number of ketones is 1. The number of guanidine groups is 1. The smallest absolute Gasteiger partial charge is 0.413 e. The monoisotopic (exact) mass is 565 g/mol. The highest BCUT2D eigenvalue weighted by Crippen LogP contribution is 2.15. The molecular formula is C26H39N5O7S. The van der Waals surface area contributed by atoms with Crippen LogP contribution in [-0.4, -0.2) is 121 Å². The molecule has 39 heavy (non-hydrogen) atoms. The minimum atomic E-state index is -1.17. The highest BCUT2D eigenvalue weighted by atomic mass is 32.2. The van der Waals surface area contributed by atoms with E-state index in [1.54, 1.807) is 18.1 Å². The molecule has 0 bridgehead atoms. The van der Waals surface area contributed by atoms with Crippen molar-refractivity contribution in [3.8, 4) is 0 Å². The third kappa shape index (κ3) is 9.99. The number of ether oxygens (including phenoxy) is 3. The third-order valence-electron chi connectivity index (χ3n) is 6.30. The number of hydrogen-bond donors (Lipinski definition) is 2. The van der Waals surface area contributed by atoms with E-state index < -0.39 is 41.0 Å². The topological polar surface area (TPSA) is 139 Å². The zero-order valence-corrected chi connectivity index (χ0v) is 23.6. The Bertz CT molecular complexity index is 1020. The predicted molar refractivity (Wildman–Crippen MR) is 147 cm³/mol. The van der Waals surface area contributed by atoms with E-state index in [1.165, 1.54) is 0 Å². The van der Waals surface area contributed by atoms with E-state index in [0.717, 1.165) is 5.56 Å². The van der Waals surface area contributed by atoms with Crippen molar-refractivity contribution in [3.05, 3.63) is 35.9 Å². The normalized spacial score (nSPS) is 21.5. The maximum Gasteiger partial charge on any atom is 0.413 e. The highest BCUT2D eigenvalue weighted by Gasteiger charge is 2.39. The van der Waals surface area contributed by atoms with E-state index in [-0.39, 0.29) is 37.1 Å². The summed E-state index contributed by atoms with van der Waals surface area (Å²) < 4.78 is 28.0. The molecule has 4 unspecified atom stereocenters. The average Bonchev–Trinajstić information content (AvgIpc) is 3.25. The van der Waals surface area contributed by atoms with Crippen molar-refractivity contribution in [2.45, 2.75) is 38.1 Å². The summed E-state index contributed by atoms with van der Waals surface area (Å²) in [5.41, 5.74) is 1.12. The summed E-state index contributed by atoms with van der Waals surface area (Å²) in [5, 5.41) is 5.45. The molecule has 2 heterocycles. The maximum atomic E-state index is 13.5. The summed E-state index contributed by atoms with van der Waals surface area (Å²) in [7, 11) is 0.753. The number of hydrogen-bond acceptors (Lipinski definition) is 9. The molecule has 1 aromatic rings. The summed E-state index contributed by atoms with van der Waals surface area (Å²) in [5.74, 6) is -0.333. The van der Waals surface area contributed by atoms with Gasteiger partial charge in [0, 0.05) is 49.0 Å². The summed E-state index contributed by atoms with van der Waals surface area (Å²) in [6, 6.07) is 8.09. The molecule has 0 radical (unpaired) electrons. The van der Waals surface area contributed by atoms with E-state index >= 15 is 0 Å². The molecule has 2 fully saturated rings. The van der Waals surface area contributed by atoms with Gasteiger partial charge in [-0.2, -0.15) is 0 Å². The van der Waals surface area contributed by atoms with E-state index in [0.29, 0.717) is 39.4 Å². The number of morpholine rings is 1. The Morgan fingerprint density at radius 3 is 2.64 bits per heavy atom. The lowest BCUT2D eigenvalue weighted by Crippen LogP contribution is -2.53. The van der Waals surface area contributed by atoms with Gasteiger partial charge in [0.15, 0.2) is 5.78 Å². The van der Waals surface area contributed by atoms with E-state index in [2.05, 4.69) is 15.6 Å². The number of benzene rings is 1. The number of likely N-dealkylation sites (N-methyl/N-ethyl adjacent to an activating group) is 1. The number of carbonyl (C=O) groups is 3. The number of nitrogens with one attached hydrogen (secondary N) is 2. The quantitative estimate of drug-likeness (QED) is 0.283. The number of rotatable bonds is 11. The molecule has 0 aliphatic carbocycles. The van der Waals surface area contributed by atoms with Crippen LogP contribution in [0.4, 0.5) is 4.79 Å². The van der Waals surface area contributed by atoms with Crippen molar-refractivity contribution >= 4 is 34.5 Å². The number of carbonyl (C=O) groups excluding carboxylic acids is 3. The Hall–Kier alpha value is -2.87. The molecule has 2 N–H and O–H groups in total. The first-order chi connectivity index (χ1) is 18.8. The van der Waals surface area contributed by atoms with Crippen LogP contribution in [0.15, 0.2) is 35.3 Å². The van der Waals surface area contributed by atoms with Crippen molar-refractivity contribution < 1.29 is 32.8 Å². The minimum absolute atomic E-state index is 0.0921. The Labute approximate surface area is 231 Å². The molecule has 2 saturated heterocycles. The van der Waals surface area contributed by atoms with Gasteiger partial charge in [-0.25, -0.2) is 9.79 Å². The van der Waals surface area contributed by atoms with Gasteiger partial charge >= 0.3 is 6.09 Å². The molecule has 13 heteroatoms. The van der Waals surface area contributed by atoms with Gasteiger partial charge in [-0.1, -0.05) is 30.3 Å². The van der Waals surface area contributed by atoms with Gasteiger partial charge in [-0.3, -0.25) is 24.0 Å². The molecule has 2 amide bonds. The van der Waals surface area contributed by atoms with Crippen LogP contribution in [0.2, 0.25) is 0 Å². The number of nitrogens with zero attached hydrogens (tertiary/aromatic N) is 3. The van der Waals surface area contributed by atoms with E-state index in [1.807, 2.05) is 42.3 Å². The van der Waals surface area contributed by atoms with Crippen LogP contribution in [0.5, 0.6) is 0 Å². The van der Waals surface area contributed by atoms with Crippen LogP contribution in [0.1, 0.15) is 18.9 Å². The molecule has 2 aliphatic rings.